The number of carbonyl (C=O) groups excluding carboxylic acids is 2. The van der Waals surface area contributed by atoms with Crippen LogP contribution in [0, 0.1) is 5.92 Å². The van der Waals surface area contributed by atoms with Crippen molar-refractivity contribution in [2.45, 2.75) is 37.8 Å². The minimum Gasteiger partial charge on any atom is -0.480 e. The van der Waals surface area contributed by atoms with E-state index < -0.39 is 11.9 Å². The van der Waals surface area contributed by atoms with Crippen LogP contribution in [-0.2, 0) is 9.53 Å². The summed E-state index contributed by atoms with van der Waals surface area (Å²) in [6, 6.07) is 1.49. The number of methoxy groups -OCH3 is 1. The second-order valence-corrected chi connectivity index (χ2v) is 7.76. The molecule has 2 aliphatic rings. The van der Waals surface area contributed by atoms with E-state index in [4.69, 9.17) is 5.11 Å². The van der Waals surface area contributed by atoms with Crippen molar-refractivity contribution in [2.24, 2.45) is 5.92 Å². The molecule has 0 atom stereocenters. The molecule has 0 spiro atoms. The number of carboxylic acids is 1. The molecule has 0 aliphatic heterocycles. The molecule has 1 heterocycles. The Morgan fingerprint density at radius 2 is 2.08 bits per heavy atom. The third-order valence-corrected chi connectivity index (χ3v) is 5.67. The second-order valence-electron chi connectivity index (χ2n) is 6.84. The normalized spacial score (nSPS) is 21.8. The molecule has 2 saturated carbocycles. The number of urea groups is 1. The molecule has 1 aromatic heterocycles. The molecule has 142 valence electrons. The summed E-state index contributed by atoms with van der Waals surface area (Å²) in [5, 5.41) is 16.3. The highest BCUT2D eigenvalue weighted by atomic mass is 32.1. The maximum absolute atomic E-state index is 12.1. The average molecular weight is 381 g/mol. The van der Waals surface area contributed by atoms with Crippen LogP contribution in [0.25, 0.3) is 0 Å². The van der Waals surface area contributed by atoms with Crippen molar-refractivity contribution in [3.63, 3.8) is 0 Å². The molecule has 0 saturated heterocycles. The van der Waals surface area contributed by atoms with Crippen LogP contribution in [0.2, 0.25) is 0 Å². The predicted molar refractivity (Wildman–Crippen MR) is 96.6 cm³/mol. The van der Waals surface area contributed by atoms with Gasteiger partial charge in [-0.25, -0.2) is 9.59 Å². The van der Waals surface area contributed by atoms with E-state index in [0.717, 1.165) is 19.4 Å². The summed E-state index contributed by atoms with van der Waals surface area (Å²) in [5.41, 5.74) is 0.427. The van der Waals surface area contributed by atoms with Crippen molar-refractivity contribution in [1.82, 2.24) is 10.2 Å². The number of aliphatic carboxylic acids is 1. The lowest BCUT2D eigenvalue weighted by molar-refractivity contribution is -0.139. The van der Waals surface area contributed by atoms with Gasteiger partial charge in [0.05, 0.1) is 19.3 Å². The largest absolute Gasteiger partial charge is 0.480 e. The molecule has 1 aromatic rings. The van der Waals surface area contributed by atoms with E-state index in [1.54, 1.807) is 11.4 Å². The molecule has 0 radical (unpaired) electrons. The number of nitrogens with one attached hydrogen (secondary N) is 2. The third kappa shape index (κ3) is 4.73. The van der Waals surface area contributed by atoms with Crippen molar-refractivity contribution >= 4 is 35.0 Å². The Kier molecular flexibility index (Phi) is 5.77. The van der Waals surface area contributed by atoms with Crippen molar-refractivity contribution in [3.8, 4) is 0 Å². The highest BCUT2D eigenvalue weighted by molar-refractivity contribution is 7.12. The molecule has 2 fully saturated rings. The molecular weight excluding hydrogens is 358 g/mol. The number of hydrogen-bond donors (Lipinski definition) is 3. The number of carbonyl (C=O) groups is 3. The number of rotatable bonds is 8. The van der Waals surface area contributed by atoms with Gasteiger partial charge in [0.15, 0.2) is 0 Å². The summed E-state index contributed by atoms with van der Waals surface area (Å²) in [5.74, 6) is -0.670. The van der Waals surface area contributed by atoms with Crippen LogP contribution in [0.15, 0.2) is 11.4 Å². The molecule has 2 aliphatic carbocycles. The minimum atomic E-state index is -0.812. The molecule has 3 N–H and O–H groups in total. The Bertz CT molecular complexity index is 682. The zero-order valence-electron chi connectivity index (χ0n) is 14.6. The second kappa shape index (κ2) is 8.05. The Balaban J connectivity index is 1.46. The number of amides is 2. The SMILES string of the molecule is COC(=O)c1sccc1NC(=O)NC1CC(N(CC(=O)O)CC2CC2)C1. The lowest BCUT2D eigenvalue weighted by Crippen LogP contribution is -2.55. The first-order chi connectivity index (χ1) is 12.5. The molecule has 0 bridgehead atoms. The maximum Gasteiger partial charge on any atom is 0.350 e. The zero-order chi connectivity index (χ0) is 18.7. The van der Waals surface area contributed by atoms with Gasteiger partial charge in [-0.3, -0.25) is 9.69 Å². The van der Waals surface area contributed by atoms with Gasteiger partial charge in [-0.2, -0.15) is 0 Å². The molecule has 0 aromatic carbocycles. The monoisotopic (exact) mass is 381 g/mol. The van der Waals surface area contributed by atoms with Crippen molar-refractivity contribution in [3.05, 3.63) is 16.3 Å². The van der Waals surface area contributed by atoms with Crippen molar-refractivity contribution in [2.75, 3.05) is 25.5 Å². The van der Waals surface area contributed by atoms with Gasteiger partial charge in [0.25, 0.3) is 0 Å². The Hall–Kier alpha value is -2.13. The number of nitrogens with zero attached hydrogens (tertiary/aromatic N) is 1. The van der Waals surface area contributed by atoms with E-state index in [1.165, 1.54) is 31.3 Å². The average Bonchev–Trinajstić information content (AvgIpc) is 3.25. The maximum atomic E-state index is 12.1. The van der Waals surface area contributed by atoms with Gasteiger partial charge < -0.3 is 20.5 Å². The predicted octanol–water partition coefficient (Wildman–Crippen LogP) is 1.98. The summed E-state index contributed by atoms with van der Waals surface area (Å²) in [7, 11) is 1.30. The summed E-state index contributed by atoms with van der Waals surface area (Å²) in [6.07, 6.45) is 3.83. The molecule has 9 heteroatoms. The minimum absolute atomic E-state index is 0.00992. The lowest BCUT2D eigenvalue weighted by atomic mass is 9.85. The van der Waals surface area contributed by atoms with Gasteiger partial charge in [-0.15, -0.1) is 11.3 Å². The smallest absolute Gasteiger partial charge is 0.350 e. The van der Waals surface area contributed by atoms with Crippen LogP contribution in [0.5, 0.6) is 0 Å². The number of ether oxygens (including phenoxy) is 1. The van der Waals surface area contributed by atoms with Gasteiger partial charge in [-0.1, -0.05) is 0 Å². The van der Waals surface area contributed by atoms with Crippen LogP contribution < -0.4 is 10.6 Å². The number of esters is 1. The fourth-order valence-electron chi connectivity index (χ4n) is 3.15. The lowest BCUT2D eigenvalue weighted by Gasteiger charge is -2.42. The van der Waals surface area contributed by atoms with Gasteiger partial charge >= 0.3 is 18.0 Å². The summed E-state index contributed by atoms with van der Waals surface area (Å²) < 4.78 is 4.69. The summed E-state index contributed by atoms with van der Waals surface area (Å²) >= 11 is 1.21. The molecule has 3 rings (SSSR count). The fourth-order valence-corrected chi connectivity index (χ4v) is 3.92. The first-order valence-corrected chi connectivity index (χ1v) is 9.53. The van der Waals surface area contributed by atoms with E-state index in [2.05, 4.69) is 15.4 Å². The Morgan fingerprint density at radius 1 is 1.35 bits per heavy atom. The van der Waals surface area contributed by atoms with Gasteiger partial charge in [-0.05, 0) is 43.0 Å². The van der Waals surface area contributed by atoms with Crippen LogP contribution in [0.4, 0.5) is 10.5 Å². The van der Waals surface area contributed by atoms with Gasteiger partial charge in [0.1, 0.15) is 4.88 Å². The number of hydrogen-bond acceptors (Lipinski definition) is 6. The first kappa shape index (κ1) is 18.7. The fraction of sp³-hybridized carbons (Fsp3) is 0.588. The highest BCUT2D eigenvalue weighted by Crippen LogP contribution is 2.33. The Labute approximate surface area is 155 Å². The van der Waals surface area contributed by atoms with Crippen molar-refractivity contribution < 1.29 is 24.2 Å². The Morgan fingerprint density at radius 3 is 2.69 bits per heavy atom. The number of thiophene rings is 1. The quantitative estimate of drug-likeness (QED) is 0.594. The standard InChI is InChI=1S/C17H23N3O5S/c1-25-16(23)15-13(4-5-26-15)19-17(24)18-11-6-12(7-11)20(9-14(21)22)8-10-2-3-10/h4-5,10-12H,2-3,6-9H2,1H3,(H,21,22)(H2,18,19,24). The molecular formula is C17H23N3O5S. The van der Waals surface area contributed by atoms with Crippen molar-refractivity contribution in [1.29, 1.82) is 0 Å². The number of carboxylic acid groups (broad SMARTS) is 1. The zero-order valence-corrected chi connectivity index (χ0v) is 15.4. The van der Waals surface area contributed by atoms with E-state index in [1.807, 2.05) is 4.90 Å². The van der Waals surface area contributed by atoms with E-state index in [0.29, 0.717) is 16.5 Å². The van der Waals surface area contributed by atoms with Crippen LogP contribution in [0.1, 0.15) is 35.4 Å². The first-order valence-electron chi connectivity index (χ1n) is 8.65. The van der Waals surface area contributed by atoms with E-state index in [-0.39, 0.29) is 24.7 Å². The van der Waals surface area contributed by atoms with E-state index >= 15 is 0 Å². The summed E-state index contributed by atoms with van der Waals surface area (Å²) in [6.45, 7) is 0.880. The third-order valence-electron chi connectivity index (χ3n) is 4.78. The van der Waals surface area contributed by atoms with Crippen LogP contribution >= 0.6 is 11.3 Å². The summed E-state index contributed by atoms with van der Waals surface area (Å²) in [4.78, 5) is 37.2. The van der Waals surface area contributed by atoms with Crippen LogP contribution in [-0.4, -0.2) is 60.3 Å². The van der Waals surface area contributed by atoms with E-state index in [9.17, 15) is 14.4 Å². The molecule has 2 amide bonds. The van der Waals surface area contributed by atoms with Gasteiger partial charge in [0.2, 0.25) is 0 Å². The van der Waals surface area contributed by atoms with Gasteiger partial charge in [0, 0.05) is 18.6 Å². The van der Waals surface area contributed by atoms with Crippen LogP contribution in [0.3, 0.4) is 0 Å². The highest BCUT2D eigenvalue weighted by Gasteiger charge is 2.37. The number of anilines is 1. The molecule has 26 heavy (non-hydrogen) atoms. The molecule has 0 unspecified atom stereocenters. The molecule has 8 nitrogen and oxygen atoms in total. The topological polar surface area (TPSA) is 108 Å².